The van der Waals surface area contributed by atoms with Crippen molar-refractivity contribution in [3.05, 3.63) is 59.7 Å². The topological polar surface area (TPSA) is 84.2 Å². The van der Waals surface area contributed by atoms with Gasteiger partial charge >= 0.3 is 0 Å². The van der Waals surface area contributed by atoms with Gasteiger partial charge in [-0.1, -0.05) is 36.4 Å². The van der Waals surface area contributed by atoms with E-state index in [9.17, 15) is 9.59 Å². The summed E-state index contributed by atoms with van der Waals surface area (Å²) in [6.07, 6.45) is 0.305. The van der Waals surface area contributed by atoms with Crippen LogP contribution in [0.4, 0.5) is 11.4 Å². The fourth-order valence-corrected chi connectivity index (χ4v) is 2.02. The molecule has 0 aliphatic rings. The van der Waals surface area contributed by atoms with Crippen LogP contribution in [-0.2, 0) is 16.0 Å². The molecule has 5 heteroatoms. The fraction of sp³-hybridized carbons (Fsp3) is 0.176. The van der Waals surface area contributed by atoms with Gasteiger partial charge in [-0.2, -0.15) is 0 Å². The second-order valence-electron chi connectivity index (χ2n) is 4.99. The molecule has 0 radical (unpaired) electrons. The van der Waals surface area contributed by atoms with Crippen LogP contribution in [0.2, 0.25) is 0 Å². The number of carbonyl (C=O) groups is 2. The fourth-order valence-electron chi connectivity index (χ4n) is 2.02. The SMILES string of the molecule is Cc1ccc(NC(=O)Cc2ccccc2)cc1NC(=O)CN. The zero-order chi connectivity index (χ0) is 15.9. The van der Waals surface area contributed by atoms with Crippen LogP contribution in [0.5, 0.6) is 0 Å². The molecule has 2 aromatic rings. The van der Waals surface area contributed by atoms with E-state index in [0.29, 0.717) is 17.8 Å². The summed E-state index contributed by atoms with van der Waals surface area (Å²) in [5.74, 6) is -0.373. The van der Waals surface area contributed by atoms with Crippen LogP contribution < -0.4 is 16.4 Å². The molecule has 2 rings (SSSR count). The number of hydrogen-bond acceptors (Lipinski definition) is 3. The monoisotopic (exact) mass is 297 g/mol. The van der Waals surface area contributed by atoms with Crippen LogP contribution in [0.25, 0.3) is 0 Å². The Labute approximate surface area is 129 Å². The third kappa shape index (κ3) is 4.43. The van der Waals surface area contributed by atoms with Gasteiger partial charge in [-0.15, -0.1) is 0 Å². The van der Waals surface area contributed by atoms with Gasteiger partial charge in [0.2, 0.25) is 11.8 Å². The summed E-state index contributed by atoms with van der Waals surface area (Å²) in [5, 5.41) is 5.54. The van der Waals surface area contributed by atoms with Crippen molar-refractivity contribution in [3.63, 3.8) is 0 Å². The zero-order valence-corrected chi connectivity index (χ0v) is 12.4. The average molecular weight is 297 g/mol. The number of nitrogens with two attached hydrogens (primary N) is 1. The van der Waals surface area contributed by atoms with Crippen LogP contribution in [-0.4, -0.2) is 18.4 Å². The molecule has 0 fully saturated rings. The smallest absolute Gasteiger partial charge is 0.238 e. The van der Waals surface area contributed by atoms with Gasteiger partial charge in [-0.3, -0.25) is 9.59 Å². The highest BCUT2D eigenvalue weighted by Gasteiger charge is 2.07. The van der Waals surface area contributed by atoms with Gasteiger partial charge in [0.25, 0.3) is 0 Å². The minimum Gasteiger partial charge on any atom is -0.326 e. The van der Waals surface area contributed by atoms with Crippen LogP contribution in [0.3, 0.4) is 0 Å². The lowest BCUT2D eigenvalue weighted by molar-refractivity contribution is -0.116. The first kappa shape index (κ1) is 15.7. The Morgan fingerprint density at radius 1 is 1.00 bits per heavy atom. The summed E-state index contributed by atoms with van der Waals surface area (Å²) in [4.78, 5) is 23.4. The first-order valence-corrected chi connectivity index (χ1v) is 7.03. The van der Waals surface area contributed by atoms with Crippen molar-refractivity contribution in [1.82, 2.24) is 0 Å². The molecule has 0 heterocycles. The number of aryl methyl sites for hydroxylation is 1. The minimum atomic E-state index is -0.268. The lowest BCUT2D eigenvalue weighted by Gasteiger charge is -2.11. The molecule has 0 unspecified atom stereocenters. The molecule has 0 bridgehead atoms. The van der Waals surface area contributed by atoms with Crippen molar-refractivity contribution in [2.75, 3.05) is 17.2 Å². The van der Waals surface area contributed by atoms with Crippen LogP contribution in [0.1, 0.15) is 11.1 Å². The number of benzene rings is 2. The van der Waals surface area contributed by atoms with E-state index in [-0.39, 0.29) is 18.4 Å². The summed E-state index contributed by atoms with van der Waals surface area (Å²) in [6, 6.07) is 14.9. The number of amides is 2. The molecule has 0 spiro atoms. The molecule has 0 aromatic heterocycles. The Hall–Kier alpha value is -2.66. The van der Waals surface area contributed by atoms with Crippen molar-refractivity contribution in [1.29, 1.82) is 0 Å². The third-order valence-corrected chi connectivity index (χ3v) is 3.19. The predicted octanol–water partition coefficient (Wildman–Crippen LogP) is 2.07. The van der Waals surface area contributed by atoms with E-state index >= 15 is 0 Å². The van der Waals surface area contributed by atoms with E-state index in [1.165, 1.54) is 0 Å². The number of carbonyl (C=O) groups excluding carboxylic acids is 2. The molecule has 2 aromatic carbocycles. The second-order valence-corrected chi connectivity index (χ2v) is 4.99. The molecule has 0 aliphatic carbocycles. The lowest BCUT2D eigenvalue weighted by Crippen LogP contribution is -2.22. The number of nitrogens with one attached hydrogen (secondary N) is 2. The Morgan fingerprint density at radius 3 is 2.41 bits per heavy atom. The second kappa shape index (κ2) is 7.38. The zero-order valence-electron chi connectivity index (χ0n) is 12.4. The van der Waals surface area contributed by atoms with Crippen molar-refractivity contribution < 1.29 is 9.59 Å². The molecule has 0 atom stereocenters. The van der Waals surface area contributed by atoms with Gasteiger partial charge in [0, 0.05) is 11.4 Å². The predicted molar refractivity (Wildman–Crippen MR) is 87.6 cm³/mol. The van der Waals surface area contributed by atoms with Crippen LogP contribution in [0.15, 0.2) is 48.5 Å². The standard InChI is InChI=1S/C17H19N3O2/c1-12-7-8-14(10-15(12)20-17(22)11-18)19-16(21)9-13-5-3-2-4-6-13/h2-8,10H,9,11,18H2,1H3,(H,19,21)(H,20,22). The van der Waals surface area contributed by atoms with E-state index in [4.69, 9.17) is 5.73 Å². The summed E-state index contributed by atoms with van der Waals surface area (Å²) < 4.78 is 0. The molecule has 0 aliphatic heterocycles. The normalized spacial score (nSPS) is 10.1. The molecular formula is C17H19N3O2. The van der Waals surface area contributed by atoms with Gasteiger partial charge < -0.3 is 16.4 Å². The van der Waals surface area contributed by atoms with Gasteiger partial charge in [0.1, 0.15) is 0 Å². The maximum absolute atomic E-state index is 12.0. The molecular weight excluding hydrogens is 278 g/mol. The maximum atomic E-state index is 12.0. The van der Waals surface area contributed by atoms with E-state index in [0.717, 1.165) is 11.1 Å². The number of rotatable bonds is 5. The maximum Gasteiger partial charge on any atom is 0.238 e. The molecule has 0 saturated heterocycles. The first-order chi connectivity index (χ1) is 10.6. The molecule has 5 nitrogen and oxygen atoms in total. The number of hydrogen-bond donors (Lipinski definition) is 3. The summed E-state index contributed by atoms with van der Waals surface area (Å²) in [6.45, 7) is 1.80. The minimum absolute atomic E-state index is 0.0793. The summed E-state index contributed by atoms with van der Waals surface area (Å²) >= 11 is 0. The first-order valence-electron chi connectivity index (χ1n) is 7.03. The van der Waals surface area contributed by atoms with Crippen LogP contribution in [0, 0.1) is 6.92 Å². The average Bonchev–Trinajstić information content (AvgIpc) is 2.51. The van der Waals surface area contributed by atoms with Crippen LogP contribution >= 0.6 is 0 Å². The van der Waals surface area contributed by atoms with Gasteiger partial charge in [0.05, 0.1) is 13.0 Å². The largest absolute Gasteiger partial charge is 0.326 e. The molecule has 22 heavy (non-hydrogen) atoms. The molecule has 2 amide bonds. The Kier molecular flexibility index (Phi) is 5.27. The quantitative estimate of drug-likeness (QED) is 0.790. The van der Waals surface area contributed by atoms with Crippen molar-refractivity contribution in [3.8, 4) is 0 Å². The highest BCUT2D eigenvalue weighted by atomic mass is 16.2. The Bertz CT molecular complexity index is 669. The highest BCUT2D eigenvalue weighted by molar-refractivity contribution is 5.96. The number of anilines is 2. The van der Waals surface area contributed by atoms with E-state index < -0.39 is 0 Å². The molecule has 4 N–H and O–H groups in total. The van der Waals surface area contributed by atoms with Gasteiger partial charge in [-0.05, 0) is 30.2 Å². The Balaban J connectivity index is 2.04. The van der Waals surface area contributed by atoms with Crippen molar-refractivity contribution >= 4 is 23.2 Å². The molecule has 114 valence electrons. The molecule has 0 saturated carbocycles. The van der Waals surface area contributed by atoms with E-state index in [1.807, 2.05) is 43.3 Å². The summed E-state index contributed by atoms with van der Waals surface area (Å²) in [5.41, 5.74) is 8.43. The highest BCUT2D eigenvalue weighted by Crippen LogP contribution is 2.20. The van der Waals surface area contributed by atoms with E-state index in [2.05, 4.69) is 10.6 Å². The van der Waals surface area contributed by atoms with E-state index in [1.54, 1.807) is 12.1 Å². The summed E-state index contributed by atoms with van der Waals surface area (Å²) in [7, 11) is 0. The third-order valence-electron chi connectivity index (χ3n) is 3.19. The van der Waals surface area contributed by atoms with Gasteiger partial charge in [-0.25, -0.2) is 0 Å². The van der Waals surface area contributed by atoms with Crippen molar-refractivity contribution in [2.45, 2.75) is 13.3 Å². The Morgan fingerprint density at radius 2 is 1.73 bits per heavy atom. The van der Waals surface area contributed by atoms with Crippen molar-refractivity contribution in [2.24, 2.45) is 5.73 Å². The van der Waals surface area contributed by atoms with Gasteiger partial charge in [0.15, 0.2) is 0 Å². The lowest BCUT2D eigenvalue weighted by atomic mass is 10.1.